The molecule has 0 spiro atoms. The molecule has 0 rings (SSSR count). The van der Waals surface area contributed by atoms with E-state index in [1.807, 2.05) is 0 Å². The molecule has 0 unspecified atom stereocenters. The number of hydrogen-bond acceptors (Lipinski definition) is 2. The maximum absolute atomic E-state index is 8.86. The van der Waals surface area contributed by atoms with Crippen molar-refractivity contribution in [2.24, 2.45) is 5.73 Å². The highest BCUT2D eigenvalue weighted by Crippen LogP contribution is 2.02. The van der Waals surface area contributed by atoms with E-state index in [-0.39, 0.29) is 11.5 Å². The molecule has 0 heterocycles. The highest BCUT2D eigenvalue weighted by Gasteiger charge is 1.93. The molecule has 0 aliphatic rings. The van der Waals surface area contributed by atoms with Crippen molar-refractivity contribution in [3.63, 3.8) is 0 Å². The topological polar surface area (TPSA) is 46.2 Å². The zero-order valence-corrected chi connectivity index (χ0v) is 5.23. The molecule has 0 aromatic carbocycles. The zero-order valence-electron chi connectivity index (χ0n) is 5.23. The van der Waals surface area contributed by atoms with E-state index in [1.54, 1.807) is 13.8 Å². The van der Waals surface area contributed by atoms with Gasteiger partial charge in [0.05, 0.1) is 5.70 Å². The summed E-state index contributed by atoms with van der Waals surface area (Å²) in [6, 6.07) is 0. The molecule has 2 nitrogen and oxygen atoms in total. The maximum atomic E-state index is 8.86. The number of allylic oxidation sites excluding steroid dienone is 1. The summed E-state index contributed by atoms with van der Waals surface area (Å²) in [5.41, 5.74) is 6.15. The van der Waals surface area contributed by atoms with E-state index >= 15 is 0 Å². The van der Waals surface area contributed by atoms with Gasteiger partial charge in [-0.1, -0.05) is 6.58 Å². The van der Waals surface area contributed by atoms with Crippen molar-refractivity contribution in [3.8, 4) is 0 Å². The van der Waals surface area contributed by atoms with E-state index in [0.717, 1.165) is 5.57 Å². The van der Waals surface area contributed by atoms with Crippen LogP contribution in [0.25, 0.3) is 0 Å². The molecule has 0 fully saturated rings. The third-order valence-electron chi connectivity index (χ3n) is 0.778. The fourth-order valence-electron chi connectivity index (χ4n) is 0.321. The van der Waals surface area contributed by atoms with Crippen molar-refractivity contribution in [1.29, 1.82) is 0 Å². The Bertz CT molecular complexity index is 131. The molecule has 0 saturated carbocycles. The smallest absolute Gasteiger partial charge is 0.136 e. The molecule has 0 saturated heterocycles. The van der Waals surface area contributed by atoms with Gasteiger partial charge in [0.25, 0.3) is 0 Å². The molecule has 0 aromatic heterocycles. The Hall–Kier alpha value is -0.920. The Morgan fingerprint density at radius 1 is 1.50 bits per heavy atom. The number of nitrogens with two attached hydrogens (primary N) is 1. The van der Waals surface area contributed by atoms with Crippen molar-refractivity contribution in [2.45, 2.75) is 13.8 Å². The number of hydrogen-bond donors (Lipinski definition) is 2. The lowest BCUT2D eigenvalue weighted by Crippen LogP contribution is -1.99. The van der Waals surface area contributed by atoms with Crippen molar-refractivity contribution >= 4 is 0 Å². The van der Waals surface area contributed by atoms with Crippen LogP contribution < -0.4 is 5.73 Å². The SMILES string of the molecule is C=C(N)C(O)=C(C)C. The third kappa shape index (κ3) is 1.69. The average molecular weight is 113 g/mol. The molecule has 3 N–H and O–H groups in total. The van der Waals surface area contributed by atoms with Crippen molar-refractivity contribution < 1.29 is 5.11 Å². The predicted octanol–water partition coefficient (Wildman–Crippen LogP) is 1.31. The minimum Gasteiger partial charge on any atom is -0.506 e. The van der Waals surface area contributed by atoms with Crippen LogP contribution in [0.4, 0.5) is 0 Å². The van der Waals surface area contributed by atoms with Gasteiger partial charge in [-0.15, -0.1) is 0 Å². The van der Waals surface area contributed by atoms with Crippen LogP contribution in [0.3, 0.4) is 0 Å². The van der Waals surface area contributed by atoms with Crippen LogP contribution in [0.2, 0.25) is 0 Å². The lowest BCUT2D eigenvalue weighted by Gasteiger charge is -1.97. The third-order valence-corrected chi connectivity index (χ3v) is 0.778. The quantitative estimate of drug-likeness (QED) is 0.398. The highest BCUT2D eigenvalue weighted by atomic mass is 16.3. The van der Waals surface area contributed by atoms with Crippen LogP contribution in [0.1, 0.15) is 13.8 Å². The minimum absolute atomic E-state index is 0.102. The Kier molecular flexibility index (Phi) is 2.13. The molecule has 0 radical (unpaired) electrons. The first-order valence-corrected chi connectivity index (χ1v) is 2.37. The molecule has 0 bridgehead atoms. The van der Waals surface area contributed by atoms with Crippen LogP contribution in [-0.4, -0.2) is 5.11 Å². The van der Waals surface area contributed by atoms with Gasteiger partial charge in [0.2, 0.25) is 0 Å². The number of aliphatic hydroxyl groups is 1. The largest absolute Gasteiger partial charge is 0.506 e. The summed E-state index contributed by atoms with van der Waals surface area (Å²) in [7, 11) is 0. The molecule has 0 aliphatic heterocycles. The van der Waals surface area contributed by atoms with Crippen LogP contribution in [-0.2, 0) is 0 Å². The van der Waals surface area contributed by atoms with Gasteiger partial charge < -0.3 is 10.8 Å². The van der Waals surface area contributed by atoms with E-state index in [4.69, 9.17) is 10.8 Å². The standard InChI is InChI=1S/C6H11NO/c1-4(2)6(8)5(3)7/h8H,3,7H2,1-2H3. The molecular formula is C6H11NO. The van der Waals surface area contributed by atoms with E-state index < -0.39 is 0 Å². The molecular weight excluding hydrogens is 102 g/mol. The van der Waals surface area contributed by atoms with Crippen LogP contribution in [0, 0.1) is 0 Å². The summed E-state index contributed by atoms with van der Waals surface area (Å²) in [6.07, 6.45) is 0. The van der Waals surface area contributed by atoms with Gasteiger partial charge in [-0.2, -0.15) is 0 Å². The predicted molar refractivity (Wildman–Crippen MR) is 34.3 cm³/mol. The summed E-state index contributed by atoms with van der Waals surface area (Å²) in [5.74, 6) is 0.102. The average Bonchev–Trinajstić information content (AvgIpc) is 1.64. The van der Waals surface area contributed by atoms with E-state index in [9.17, 15) is 0 Å². The lowest BCUT2D eigenvalue weighted by molar-refractivity contribution is 0.415. The van der Waals surface area contributed by atoms with E-state index in [1.165, 1.54) is 0 Å². The van der Waals surface area contributed by atoms with Gasteiger partial charge in [-0.25, -0.2) is 0 Å². The minimum atomic E-state index is 0.102. The summed E-state index contributed by atoms with van der Waals surface area (Å²) in [5, 5.41) is 8.86. The molecule has 8 heavy (non-hydrogen) atoms. The molecule has 2 heteroatoms. The van der Waals surface area contributed by atoms with E-state index in [2.05, 4.69) is 6.58 Å². The van der Waals surface area contributed by atoms with Crippen molar-refractivity contribution in [3.05, 3.63) is 23.6 Å². The fourth-order valence-corrected chi connectivity index (χ4v) is 0.321. The lowest BCUT2D eigenvalue weighted by atomic mass is 10.2. The second-order valence-corrected chi connectivity index (χ2v) is 1.87. The first kappa shape index (κ1) is 7.08. The Morgan fingerprint density at radius 3 is 1.88 bits per heavy atom. The fraction of sp³-hybridized carbons (Fsp3) is 0.333. The van der Waals surface area contributed by atoms with Gasteiger partial charge >= 0.3 is 0 Å². The summed E-state index contributed by atoms with van der Waals surface area (Å²) < 4.78 is 0. The summed E-state index contributed by atoms with van der Waals surface area (Å²) in [6.45, 7) is 6.89. The molecule has 0 aromatic rings. The van der Waals surface area contributed by atoms with E-state index in [0.29, 0.717) is 0 Å². The normalized spacial score (nSPS) is 8.25. The first-order valence-electron chi connectivity index (χ1n) is 2.37. The first-order chi connectivity index (χ1) is 3.55. The highest BCUT2D eigenvalue weighted by molar-refractivity contribution is 5.21. The van der Waals surface area contributed by atoms with Gasteiger partial charge in [-0.05, 0) is 19.4 Å². The van der Waals surface area contributed by atoms with Gasteiger partial charge in [0.1, 0.15) is 5.76 Å². The second kappa shape index (κ2) is 2.40. The second-order valence-electron chi connectivity index (χ2n) is 1.87. The summed E-state index contributed by atoms with van der Waals surface area (Å²) in [4.78, 5) is 0. The number of aliphatic hydroxyl groups excluding tert-OH is 1. The van der Waals surface area contributed by atoms with Gasteiger partial charge in [0.15, 0.2) is 0 Å². The van der Waals surface area contributed by atoms with Crippen molar-refractivity contribution in [1.82, 2.24) is 0 Å². The van der Waals surface area contributed by atoms with Crippen LogP contribution in [0.5, 0.6) is 0 Å². The monoisotopic (exact) mass is 113 g/mol. The van der Waals surface area contributed by atoms with Crippen LogP contribution >= 0.6 is 0 Å². The zero-order chi connectivity index (χ0) is 6.73. The summed E-state index contributed by atoms with van der Waals surface area (Å²) >= 11 is 0. The molecule has 46 valence electrons. The van der Waals surface area contributed by atoms with Crippen molar-refractivity contribution in [2.75, 3.05) is 0 Å². The maximum Gasteiger partial charge on any atom is 0.136 e. The van der Waals surface area contributed by atoms with Crippen LogP contribution in [0.15, 0.2) is 23.6 Å². The van der Waals surface area contributed by atoms with Gasteiger partial charge in [0, 0.05) is 0 Å². The molecule has 0 aliphatic carbocycles. The Balaban J connectivity index is 4.23. The Labute approximate surface area is 49.3 Å². The number of rotatable bonds is 1. The Morgan fingerprint density at radius 2 is 1.88 bits per heavy atom. The molecule has 0 atom stereocenters. The molecule has 0 amide bonds. The van der Waals surface area contributed by atoms with Gasteiger partial charge in [-0.3, -0.25) is 0 Å².